The van der Waals surface area contributed by atoms with E-state index in [4.69, 9.17) is 9.94 Å². The first-order valence-electron chi connectivity index (χ1n) is 9.90. The van der Waals surface area contributed by atoms with Crippen LogP contribution in [0.5, 0.6) is 5.75 Å². The zero-order valence-electron chi connectivity index (χ0n) is 17.5. The third-order valence-electron chi connectivity index (χ3n) is 5.41. The largest absolute Gasteiger partial charge is 0.497 e. The summed E-state index contributed by atoms with van der Waals surface area (Å²) < 4.78 is 5.14. The van der Waals surface area contributed by atoms with E-state index in [1.54, 1.807) is 24.7 Å². The summed E-state index contributed by atoms with van der Waals surface area (Å²) in [7, 11) is 1.61. The van der Waals surface area contributed by atoms with Crippen LogP contribution in [0.3, 0.4) is 0 Å². The second kappa shape index (κ2) is 9.60. The Bertz CT molecular complexity index is 858. The number of rotatable bonds is 5. The zero-order chi connectivity index (χ0) is 21.7. The van der Waals surface area contributed by atoms with E-state index < -0.39 is 5.91 Å². The predicted octanol–water partition coefficient (Wildman–Crippen LogP) is 2.94. The van der Waals surface area contributed by atoms with Crippen molar-refractivity contribution < 1.29 is 19.5 Å². The molecule has 3 amide bonds. The van der Waals surface area contributed by atoms with Crippen LogP contribution in [0, 0.1) is 0 Å². The summed E-state index contributed by atoms with van der Waals surface area (Å²) in [4.78, 5) is 28.4. The number of methoxy groups -OCH3 is 1. The first-order valence-corrected chi connectivity index (χ1v) is 9.90. The molecule has 0 unspecified atom stereocenters. The fourth-order valence-electron chi connectivity index (χ4n) is 3.75. The number of hydrogen-bond donors (Lipinski definition) is 3. The molecule has 2 atom stereocenters. The van der Waals surface area contributed by atoms with Gasteiger partial charge in [0, 0.05) is 43.0 Å². The third kappa shape index (κ3) is 5.08. The monoisotopic (exact) mass is 412 g/mol. The van der Waals surface area contributed by atoms with Crippen LogP contribution in [0.1, 0.15) is 29.8 Å². The van der Waals surface area contributed by atoms with E-state index in [-0.39, 0.29) is 18.1 Å². The van der Waals surface area contributed by atoms with E-state index in [1.165, 1.54) is 0 Å². The molecule has 0 aromatic heterocycles. The molecule has 0 radical (unpaired) electrons. The Balaban J connectivity index is 1.58. The molecule has 1 saturated heterocycles. The summed E-state index contributed by atoms with van der Waals surface area (Å²) >= 11 is 0. The average Bonchev–Trinajstić information content (AvgIpc) is 2.76. The van der Waals surface area contributed by atoms with Crippen molar-refractivity contribution in [1.82, 2.24) is 15.3 Å². The van der Waals surface area contributed by atoms with Crippen LogP contribution in [0.25, 0.3) is 0 Å². The molecule has 0 bridgehead atoms. The van der Waals surface area contributed by atoms with Crippen LogP contribution in [-0.2, 0) is 6.54 Å². The molecular weight excluding hydrogens is 384 g/mol. The predicted molar refractivity (Wildman–Crippen MR) is 114 cm³/mol. The maximum atomic E-state index is 12.7. The quantitative estimate of drug-likeness (QED) is 0.519. The standard InChI is InChI=1S/C22H28N4O4/c1-15-12-25(22(28)23-19-8-10-20(30-3)11-9-19)13-16(2)26(15)14-17-4-6-18(7-5-17)21(27)24-29/h4-11,15-16,29H,12-14H2,1-3H3,(H,23,28)(H,24,27)/t15-,16+. The number of anilines is 1. The lowest BCUT2D eigenvalue weighted by molar-refractivity contribution is 0.0526. The van der Waals surface area contributed by atoms with Crippen molar-refractivity contribution in [2.45, 2.75) is 32.5 Å². The van der Waals surface area contributed by atoms with Gasteiger partial charge in [-0.2, -0.15) is 0 Å². The second-order valence-electron chi connectivity index (χ2n) is 7.57. The van der Waals surface area contributed by atoms with Gasteiger partial charge in [0.15, 0.2) is 0 Å². The molecule has 2 aromatic carbocycles. The van der Waals surface area contributed by atoms with Crippen molar-refractivity contribution in [3.8, 4) is 5.75 Å². The van der Waals surface area contributed by atoms with E-state index in [1.807, 2.05) is 41.3 Å². The number of carbonyl (C=O) groups is 2. The van der Waals surface area contributed by atoms with Gasteiger partial charge in [0.2, 0.25) is 0 Å². The number of hydroxylamine groups is 1. The summed E-state index contributed by atoms with van der Waals surface area (Å²) in [6.45, 7) is 6.18. The molecule has 30 heavy (non-hydrogen) atoms. The third-order valence-corrected chi connectivity index (χ3v) is 5.41. The van der Waals surface area contributed by atoms with Gasteiger partial charge in [-0.25, -0.2) is 10.3 Å². The van der Waals surface area contributed by atoms with E-state index >= 15 is 0 Å². The number of hydrogen-bond acceptors (Lipinski definition) is 5. The molecule has 160 valence electrons. The number of urea groups is 1. The van der Waals surface area contributed by atoms with E-state index in [0.717, 1.165) is 23.5 Å². The van der Waals surface area contributed by atoms with Crippen LogP contribution in [0.15, 0.2) is 48.5 Å². The molecule has 3 N–H and O–H groups in total. The lowest BCUT2D eigenvalue weighted by Crippen LogP contribution is -2.58. The Morgan fingerprint density at radius 3 is 2.17 bits per heavy atom. The van der Waals surface area contributed by atoms with Gasteiger partial charge < -0.3 is 15.0 Å². The number of carbonyl (C=O) groups excluding carboxylic acids is 2. The summed E-state index contributed by atoms with van der Waals surface area (Å²) in [6.07, 6.45) is 0. The fourth-order valence-corrected chi connectivity index (χ4v) is 3.75. The molecule has 8 heteroatoms. The average molecular weight is 412 g/mol. The highest BCUT2D eigenvalue weighted by Crippen LogP contribution is 2.21. The number of nitrogens with one attached hydrogen (secondary N) is 2. The van der Waals surface area contributed by atoms with Crippen molar-refractivity contribution in [3.05, 3.63) is 59.7 Å². The maximum absolute atomic E-state index is 12.7. The first-order chi connectivity index (χ1) is 14.4. The Hall–Kier alpha value is -3.10. The maximum Gasteiger partial charge on any atom is 0.321 e. The second-order valence-corrected chi connectivity index (χ2v) is 7.57. The highest BCUT2D eigenvalue weighted by atomic mass is 16.5. The van der Waals surface area contributed by atoms with E-state index in [2.05, 4.69) is 24.1 Å². The first kappa shape index (κ1) is 21.6. The van der Waals surface area contributed by atoms with Gasteiger partial charge in [-0.3, -0.25) is 14.9 Å². The molecule has 1 aliphatic heterocycles. The Morgan fingerprint density at radius 1 is 1.03 bits per heavy atom. The van der Waals surface area contributed by atoms with Gasteiger partial charge in [-0.1, -0.05) is 12.1 Å². The molecule has 1 fully saturated rings. The van der Waals surface area contributed by atoms with Crippen molar-refractivity contribution in [1.29, 1.82) is 0 Å². The fraction of sp³-hybridized carbons (Fsp3) is 0.364. The van der Waals surface area contributed by atoms with Crippen molar-refractivity contribution >= 4 is 17.6 Å². The normalized spacial score (nSPS) is 19.3. The van der Waals surface area contributed by atoms with Gasteiger partial charge in [-0.05, 0) is 55.8 Å². The van der Waals surface area contributed by atoms with Crippen LogP contribution in [0.2, 0.25) is 0 Å². The molecule has 0 spiro atoms. The number of amides is 3. The molecule has 3 rings (SSSR count). The summed E-state index contributed by atoms with van der Waals surface area (Å²) in [5.74, 6) is 0.216. The van der Waals surface area contributed by atoms with Crippen LogP contribution < -0.4 is 15.5 Å². The summed E-state index contributed by atoms with van der Waals surface area (Å²) in [6, 6.07) is 14.6. The molecule has 8 nitrogen and oxygen atoms in total. The lowest BCUT2D eigenvalue weighted by atomic mass is 10.1. The Morgan fingerprint density at radius 2 is 1.63 bits per heavy atom. The molecule has 1 heterocycles. The SMILES string of the molecule is COc1ccc(NC(=O)N2C[C@@H](C)N(Cc3ccc(C(=O)NO)cc3)[C@@H](C)C2)cc1. The van der Waals surface area contributed by atoms with Gasteiger partial charge in [0.05, 0.1) is 7.11 Å². The number of ether oxygens (including phenoxy) is 1. The molecule has 0 saturated carbocycles. The van der Waals surface area contributed by atoms with Crippen molar-refractivity contribution in [2.75, 3.05) is 25.5 Å². The smallest absolute Gasteiger partial charge is 0.321 e. The van der Waals surface area contributed by atoms with Gasteiger partial charge >= 0.3 is 6.03 Å². The molecule has 2 aromatic rings. The zero-order valence-corrected chi connectivity index (χ0v) is 17.5. The lowest BCUT2D eigenvalue weighted by Gasteiger charge is -2.44. The molecule has 1 aliphatic rings. The van der Waals surface area contributed by atoms with Crippen LogP contribution in [0.4, 0.5) is 10.5 Å². The summed E-state index contributed by atoms with van der Waals surface area (Å²) in [5, 5.41) is 11.7. The highest BCUT2D eigenvalue weighted by molar-refractivity contribution is 5.93. The van der Waals surface area contributed by atoms with Crippen LogP contribution in [-0.4, -0.2) is 59.2 Å². The number of piperazine rings is 1. The molecule has 0 aliphatic carbocycles. The van der Waals surface area contributed by atoms with Crippen LogP contribution >= 0.6 is 0 Å². The summed E-state index contributed by atoms with van der Waals surface area (Å²) in [5.41, 5.74) is 3.84. The Labute approximate surface area is 176 Å². The van der Waals surface area contributed by atoms with Crippen molar-refractivity contribution in [3.63, 3.8) is 0 Å². The van der Waals surface area contributed by atoms with Gasteiger partial charge in [0.1, 0.15) is 5.75 Å². The Kier molecular flexibility index (Phi) is 6.91. The minimum absolute atomic E-state index is 0.113. The van der Waals surface area contributed by atoms with E-state index in [9.17, 15) is 9.59 Å². The van der Waals surface area contributed by atoms with Gasteiger partial charge in [0.25, 0.3) is 5.91 Å². The number of nitrogens with zero attached hydrogens (tertiary/aromatic N) is 2. The topological polar surface area (TPSA) is 94.1 Å². The minimum atomic E-state index is -0.528. The minimum Gasteiger partial charge on any atom is -0.497 e. The van der Waals surface area contributed by atoms with E-state index in [0.29, 0.717) is 18.7 Å². The van der Waals surface area contributed by atoms with Gasteiger partial charge in [-0.15, -0.1) is 0 Å². The number of benzene rings is 2. The highest BCUT2D eigenvalue weighted by Gasteiger charge is 2.31. The molecular formula is C22H28N4O4. The van der Waals surface area contributed by atoms with Crippen molar-refractivity contribution in [2.24, 2.45) is 0 Å².